The van der Waals surface area contributed by atoms with Gasteiger partial charge in [0.1, 0.15) is 36.9 Å². The van der Waals surface area contributed by atoms with Crippen molar-refractivity contribution in [1.82, 2.24) is 45.1 Å². The van der Waals surface area contributed by atoms with Crippen molar-refractivity contribution < 1.29 is 84.6 Å². The van der Waals surface area contributed by atoms with Crippen molar-refractivity contribution in [2.24, 2.45) is 5.73 Å². The monoisotopic (exact) mass is 1200 g/mol. The molecule has 2 unspecified atom stereocenters. The van der Waals surface area contributed by atoms with Crippen LogP contribution in [0, 0.1) is 6.92 Å². The molecular formula is C54H77N13O11SY. The third kappa shape index (κ3) is 20.3. The van der Waals surface area contributed by atoms with Gasteiger partial charge in [0.25, 0.3) is 0 Å². The molecule has 24 nitrogen and oxygen atoms in total. The number of carbonyl (C=O) groups excluding carboxylic acids is 6. The molecule has 8 N–H and O–H groups in total. The Morgan fingerprint density at radius 2 is 1.55 bits per heavy atom. The van der Waals surface area contributed by atoms with E-state index in [1.54, 1.807) is 76.8 Å². The van der Waals surface area contributed by atoms with Gasteiger partial charge in [-0.25, -0.2) is 32.6 Å². The van der Waals surface area contributed by atoms with Crippen molar-refractivity contribution in [2.75, 3.05) is 82.0 Å². The van der Waals surface area contributed by atoms with Crippen molar-refractivity contribution in [2.45, 2.75) is 109 Å². The maximum atomic E-state index is 14.6. The number of nitrogens with one attached hydrogen (secondary N) is 5. The first-order valence-corrected chi connectivity index (χ1v) is 27.8. The van der Waals surface area contributed by atoms with Gasteiger partial charge in [0.2, 0.25) is 39.6 Å². The van der Waals surface area contributed by atoms with Gasteiger partial charge in [-0.15, -0.1) is 0 Å². The van der Waals surface area contributed by atoms with Gasteiger partial charge >= 0.3 is 12.1 Å². The van der Waals surface area contributed by atoms with Gasteiger partial charge in [-0.3, -0.25) is 24.1 Å². The quantitative estimate of drug-likeness (QED) is 0.0468. The molecule has 0 spiro atoms. The Hall–Kier alpha value is -6.35. The molecule has 433 valence electrons. The zero-order chi connectivity index (χ0) is 57.9. The minimum absolute atomic E-state index is 0. The Kier molecular flexibility index (Phi) is 26.1. The molecule has 1 aromatic heterocycles. The van der Waals surface area contributed by atoms with Crippen LogP contribution in [0.3, 0.4) is 0 Å². The fourth-order valence-electron chi connectivity index (χ4n) is 8.34. The number of ether oxygens (including phenoxy) is 2. The fourth-order valence-corrected chi connectivity index (χ4v) is 9.79. The molecule has 0 aliphatic carbocycles. The molecule has 0 saturated carbocycles. The maximum Gasteiger partial charge on any atom is 0.409 e. The first-order valence-electron chi connectivity index (χ1n) is 26.3. The Morgan fingerprint density at radius 1 is 0.900 bits per heavy atom. The molecule has 80 heavy (non-hydrogen) atoms. The first kappa shape index (κ1) is 66.2. The number of aryl methyl sites for hydroxylation is 1. The average molecular weight is 1210 g/mol. The van der Waals surface area contributed by atoms with Gasteiger partial charge in [-0.2, -0.15) is 10.5 Å². The molecule has 4 aromatic rings. The number of rotatable bonds is 23. The van der Waals surface area contributed by atoms with Crippen LogP contribution in [0.2, 0.25) is 0 Å². The SMILES string of the molecule is CCC.Cc1cnc(Nc2ccc(OCCN3CCCC3)cc2)nc1N(C(=O)N(C)CCN(C)C(=O)OCc1ccc(NC(=O)CNC(=O)C2CCCN2C(=O)C(CC(N)=O)NO)cc1)c1cccc(S(=O)(=O)NC(C)(C)C)c1.[Y]. The summed E-state index contributed by atoms with van der Waals surface area (Å²) in [6.45, 7) is 14.5. The van der Waals surface area contributed by atoms with Gasteiger partial charge in [-0.1, -0.05) is 38.5 Å². The smallest absolute Gasteiger partial charge is 0.409 e. The molecule has 1 radical (unpaired) electrons. The van der Waals surface area contributed by atoms with Gasteiger partial charge < -0.3 is 51.1 Å². The van der Waals surface area contributed by atoms with Gasteiger partial charge in [0.05, 0.1) is 23.5 Å². The number of nitrogens with zero attached hydrogens (tertiary/aromatic N) is 7. The molecule has 3 aromatic carbocycles. The minimum atomic E-state index is -4.03. The molecule has 0 bridgehead atoms. The van der Waals surface area contributed by atoms with E-state index >= 15 is 0 Å². The zero-order valence-electron chi connectivity index (χ0n) is 47.0. The Morgan fingerprint density at radius 3 is 2.19 bits per heavy atom. The van der Waals surface area contributed by atoms with Crippen molar-refractivity contribution in [3.8, 4) is 5.75 Å². The molecule has 3 heterocycles. The van der Waals surface area contributed by atoms with Crippen LogP contribution < -0.4 is 41.5 Å². The van der Waals surface area contributed by atoms with Gasteiger partial charge in [-0.05, 0) is 127 Å². The van der Waals surface area contributed by atoms with E-state index in [0.29, 0.717) is 47.7 Å². The summed E-state index contributed by atoms with van der Waals surface area (Å²) in [6.07, 6.45) is 4.91. The summed E-state index contributed by atoms with van der Waals surface area (Å²) in [5.74, 6) is -1.53. The minimum Gasteiger partial charge on any atom is -0.492 e. The molecular weight excluding hydrogens is 1130 g/mol. The van der Waals surface area contributed by atoms with E-state index in [1.807, 2.05) is 24.3 Å². The first-order chi connectivity index (χ1) is 37.5. The normalized spacial score (nSPS) is 14.6. The number of primary amides is 1. The summed E-state index contributed by atoms with van der Waals surface area (Å²) < 4.78 is 41.2. The third-order valence-corrected chi connectivity index (χ3v) is 14.0. The number of sulfonamides is 1. The fraction of sp³-hybridized carbons (Fsp3) is 0.481. The Labute approximate surface area is 494 Å². The number of urea groups is 1. The molecule has 2 fully saturated rings. The predicted octanol–water partition coefficient (Wildman–Crippen LogP) is 5.22. The van der Waals surface area contributed by atoms with Crippen LogP contribution in [0.1, 0.15) is 84.3 Å². The molecule has 2 aliphatic rings. The average Bonchev–Trinajstić information content (AvgIpc) is 4.21. The third-order valence-electron chi connectivity index (χ3n) is 12.3. The van der Waals surface area contributed by atoms with Gasteiger partial charge in [0, 0.05) is 102 Å². The van der Waals surface area contributed by atoms with E-state index in [4.69, 9.17) is 20.2 Å². The van der Waals surface area contributed by atoms with Crippen LogP contribution in [0.5, 0.6) is 5.75 Å². The Bertz CT molecular complexity index is 2820. The van der Waals surface area contributed by atoms with Crippen LogP contribution in [0.25, 0.3) is 0 Å². The molecule has 6 rings (SSSR count). The number of carbonyl (C=O) groups is 6. The van der Waals surface area contributed by atoms with E-state index in [1.165, 1.54) is 64.1 Å². The van der Waals surface area contributed by atoms with Crippen molar-refractivity contribution >= 4 is 74.6 Å². The molecule has 26 heteroatoms. The molecule has 2 aliphatic heterocycles. The number of aromatic nitrogens is 2. The van der Waals surface area contributed by atoms with Crippen molar-refractivity contribution in [1.29, 1.82) is 0 Å². The molecule has 2 atom stereocenters. The number of hydrogen-bond donors (Lipinski definition) is 7. The van der Waals surface area contributed by atoms with E-state index < -0.39 is 76.4 Å². The van der Waals surface area contributed by atoms with Crippen LogP contribution in [0.15, 0.2) is 83.9 Å². The number of likely N-dealkylation sites (N-methyl/N-ethyl adjacent to an activating group) is 2. The van der Waals surface area contributed by atoms with Crippen LogP contribution in [0.4, 0.5) is 38.4 Å². The second-order valence-corrected chi connectivity index (χ2v) is 22.0. The van der Waals surface area contributed by atoms with Crippen LogP contribution in [-0.4, -0.2) is 163 Å². The largest absolute Gasteiger partial charge is 0.492 e. The Balaban J connectivity index is 0.00000337. The zero-order valence-corrected chi connectivity index (χ0v) is 50.6. The summed E-state index contributed by atoms with van der Waals surface area (Å²) in [5, 5.41) is 17.7. The van der Waals surface area contributed by atoms with E-state index in [2.05, 4.69) is 44.4 Å². The number of amides is 7. The summed E-state index contributed by atoms with van der Waals surface area (Å²) in [4.78, 5) is 94.4. The summed E-state index contributed by atoms with van der Waals surface area (Å²) in [6, 6.07) is 17.0. The topological polar surface area (TPSA) is 303 Å². The molecule has 2 saturated heterocycles. The van der Waals surface area contributed by atoms with Gasteiger partial charge in [0.15, 0.2) is 0 Å². The standard InChI is InChI=1S/C51H69N13O11S.C3H8.Y/c1-34-31-54-48(56-37-18-20-39(21-19-37)74-28-27-62-22-7-8-23-62)57-45(34)64(38-11-9-12-40(29-38)76(72,73)59-51(2,3)4)49(69)60(5)25-26-61(6)50(70)75-33-35-14-16-36(17-15-35)55-44(66)32-53-46(67)42-13-10-24-63(42)47(68)41(58-71)30-43(52)65;1-3-2;/h9,11-12,14-21,29,31,41-42,58-59,71H,7-8,10,13,22-28,30,32-33H2,1-6H3,(H2,52,65)(H,53,67)(H,55,66)(H,54,56,57);3H2,1-2H3;. The number of likely N-dealkylation sites (tertiary alicyclic amines) is 2. The van der Waals surface area contributed by atoms with Crippen molar-refractivity contribution in [3.63, 3.8) is 0 Å². The van der Waals surface area contributed by atoms with E-state index in [-0.39, 0.29) is 81.3 Å². The maximum absolute atomic E-state index is 14.6. The second kappa shape index (κ2) is 31.6. The van der Waals surface area contributed by atoms with Crippen LogP contribution in [-0.2, 0) is 73.3 Å². The number of hydrogen-bond acceptors (Lipinski definition) is 16. The summed E-state index contributed by atoms with van der Waals surface area (Å²) in [5.41, 5.74) is 8.52. The van der Waals surface area contributed by atoms with Crippen LogP contribution >= 0.6 is 0 Å². The number of hydroxylamine groups is 1. The number of nitrogens with two attached hydrogens (primary N) is 1. The molecule has 7 amide bonds. The van der Waals surface area contributed by atoms with Crippen molar-refractivity contribution in [3.05, 3.63) is 90.1 Å². The number of benzene rings is 3. The predicted molar refractivity (Wildman–Crippen MR) is 298 cm³/mol. The number of anilines is 5. The summed E-state index contributed by atoms with van der Waals surface area (Å²) in [7, 11) is -0.966. The van der Waals surface area contributed by atoms with E-state index in [0.717, 1.165) is 19.6 Å². The summed E-state index contributed by atoms with van der Waals surface area (Å²) >= 11 is 0. The second-order valence-electron chi connectivity index (χ2n) is 20.3. The van der Waals surface area contributed by atoms with E-state index in [9.17, 15) is 42.4 Å².